The topological polar surface area (TPSA) is 147 Å². The van der Waals surface area contributed by atoms with Gasteiger partial charge in [0.2, 0.25) is 17.0 Å². The third-order valence-corrected chi connectivity index (χ3v) is 5.75. The second-order valence-corrected chi connectivity index (χ2v) is 8.04. The summed E-state index contributed by atoms with van der Waals surface area (Å²) in [6.45, 7) is 3.77. The molecule has 0 unspecified atom stereocenters. The average Bonchev–Trinajstić information content (AvgIpc) is 3.20. The van der Waals surface area contributed by atoms with Crippen molar-refractivity contribution in [1.29, 1.82) is 0 Å². The number of benzene rings is 1. The van der Waals surface area contributed by atoms with Crippen LogP contribution in [0.1, 0.15) is 11.4 Å². The number of nitrogens with zero attached hydrogens (tertiary/aromatic N) is 5. The Bertz CT molecular complexity index is 1050. The number of para-hydroxylation sites is 1. The van der Waals surface area contributed by atoms with Crippen LogP contribution < -0.4 is 16.9 Å². The lowest BCUT2D eigenvalue weighted by Crippen LogP contribution is -2.19. The Morgan fingerprint density at radius 3 is 2.59 bits per heavy atom. The van der Waals surface area contributed by atoms with Crippen LogP contribution in [0, 0.1) is 13.8 Å². The lowest BCUT2D eigenvalue weighted by atomic mass is 10.3. The number of carbonyl (C=O) groups excluding carboxylic acids is 2. The molecule has 29 heavy (non-hydrogen) atoms. The highest BCUT2D eigenvalue weighted by Gasteiger charge is 2.16. The van der Waals surface area contributed by atoms with E-state index in [4.69, 9.17) is 11.6 Å². The summed E-state index contributed by atoms with van der Waals surface area (Å²) in [5, 5.41) is 15.7. The molecule has 5 N–H and O–H groups in total. The Morgan fingerprint density at radius 1 is 1.14 bits per heavy atom. The molecule has 1 aromatic carbocycles. The van der Waals surface area contributed by atoms with Gasteiger partial charge in [0.15, 0.2) is 0 Å². The molecule has 0 atom stereocenters. The number of aryl methyl sites for hydroxylation is 2. The van der Waals surface area contributed by atoms with E-state index in [0.29, 0.717) is 16.8 Å². The standard InChI is InChI=1S/C17H20N8O2S2/c1-10-7-11(2)25(23-10)16-21-22-17(24(16)19)29-9-15(27)20-12-5-3-4-6-13(12)28-8-14(18)26/h3-7H,8-9,19H2,1-2H3,(H2,18,26)(H,20,27). The number of nitrogens with two attached hydrogens (primary N) is 2. The van der Waals surface area contributed by atoms with Gasteiger partial charge in [-0.15, -0.1) is 22.0 Å². The molecular formula is C17H20N8O2S2. The van der Waals surface area contributed by atoms with E-state index in [1.165, 1.54) is 16.4 Å². The van der Waals surface area contributed by atoms with Crippen LogP contribution in [-0.4, -0.2) is 48.0 Å². The molecule has 0 spiro atoms. The number of nitrogen functional groups attached to an aromatic ring is 1. The van der Waals surface area contributed by atoms with Crippen molar-refractivity contribution in [1.82, 2.24) is 24.7 Å². The zero-order chi connectivity index (χ0) is 21.0. The number of amides is 2. The zero-order valence-corrected chi connectivity index (χ0v) is 17.5. The van der Waals surface area contributed by atoms with Crippen molar-refractivity contribution in [3.8, 4) is 5.95 Å². The van der Waals surface area contributed by atoms with E-state index in [-0.39, 0.29) is 17.4 Å². The van der Waals surface area contributed by atoms with Crippen LogP contribution >= 0.6 is 23.5 Å². The van der Waals surface area contributed by atoms with Crippen molar-refractivity contribution >= 4 is 41.0 Å². The van der Waals surface area contributed by atoms with Gasteiger partial charge in [-0.2, -0.15) is 5.10 Å². The first-order chi connectivity index (χ1) is 13.8. The number of anilines is 1. The third-order valence-electron chi connectivity index (χ3n) is 3.71. The first-order valence-electron chi connectivity index (χ1n) is 8.52. The molecule has 0 aliphatic rings. The van der Waals surface area contributed by atoms with Gasteiger partial charge in [0.05, 0.1) is 22.9 Å². The lowest BCUT2D eigenvalue weighted by Gasteiger charge is -2.10. The van der Waals surface area contributed by atoms with Gasteiger partial charge in [-0.25, -0.2) is 9.36 Å². The van der Waals surface area contributed by atoms with Gasteiger partial charge in [0, 0.05) is 10.6 Å². The van der Waals surface area contributed by atoms with Gasteiger partial charge in [-0.05, 0) is 32.0 Å². The molecule has 3 rings (SSSR count). The van der Waals surface area contributed by atoms with E-state index in [9.17, 15) is 9.59 Å². The Kier molecular flexibility index (Phi) is 6.44. The maximum Gasteiger partial charge on any atom is 0.271 e. The maximum atomic E-state index is 12.4. The minimum Gasteiger partial charge on any atom is -0.369 e. The Morgan fingerprint density at radius 2 is 1.90 bits per heavy atom. The molecule has 0 aliphatic heterocycles. The van der Waals surface area contributed by atoms with Crippen molar-refractivity contribution < 1.29 is 9.59 Å². The van der Waals surface area contributed by atoms with Gasteiger partial charge in [-0.3, -0.25) is 9.59 Å². The number of aromatic nitrogens is 5. The van der Waals surface area contributed by atoms with Gasteiger partial charge >= 0.3 is 0 Å². The molecule has 12 heteroatoms. The molecule has 152 valence electrons. The highest BCUT2D eigenvalue weighted by Crippen LogP contribution is 2.27. The monoisotopic (exact) mass is 432 g/mol. The average molecular weight is 433 g/mol. The molecule has 0 aliphatic carbocycles. The molecule has 2 heterocycles. The highest BCUT2D eigenvalue weighted by molar-refractivity contribution is 8.00. The predicted molar refractivity (Wildman–Crippen MR) is 112 cm³/mol. The van der Waals surface area contributed by atoms with Gasteiger partial charge in [0.25, 0.3) is 5.95 Å². The van der Waals surface area contributed by atoms with E-state index >= 15 is 0 Å². The molecule has 0 bridgehead atoms. The summed E-state index contributed by atoms with van der Waals surface area (Å²) in [6, 6.07) is 9.11. The molecule has 2 amide bonds. The zero-order valence-electron chi connectivity index (χ0n) is 15.8. The van der Waals surface area contributed by atoms with Crippen molar-refractivity contribution in [3.63, 3.8) is 0 Å². The number of hydrogen-bond acceptors (Lipinski definition) is 8. The van der Waals surface area contributed by atoms with Crippen LogP contribution in [0.4, 0.5) is 5.69 Å². The second kappa shape index (κ2) is 9.01. The minimum atomic E-state index is -0.424. The number of hydrogen-bond donors (Lipinski definition) is 3. The van der Waals surface area contributed by atoms with Crippen molar-refractivity contribution in [2.75, 3.05) is 22.7 Å². The largest absolute Gasteiger partial charge is 0.369 e. The van der Waals surface area contributed by atoms with Crippen molar-refractivity contribution in [2.24, 2.45) is 5.73 Å². The summed E-state index contributed by atoms with van der Waals surface area (Å²) in [4.78, 5) is 24.1. The summed E-state index contributed by atoms with van der Waals surface area (Å²) in [6.07, 6.45) is 0. The molecular weight excluding hydrogens is 412 g/mol. The number of thioether (sulfide) groups is 2. The number of rotatable bonds is 8. The summed E-state index contributed by atoms with van der Waals surface area (Å²) < 4.78 is 2.90. The van der Waals surface area contributed by atoms with E-state index in [2.05, 4.69) is 20.6 Å². The molecule has 3 aromatic rings. The Hall–Kier alpha value is -2.99. The summed E-state index contributed by atoms with van der Waals surface area (Å²) >= 11 is 2.42. The molecule has 10 nitrogen and oxygen atoms in total. The van der Waals surface area contributed by atoms with Crippen LogP contribution in [0.15, 0.2) is 40.4 Å². The van der Waals surface area contributed by atoms with Crippen LogP contribution in [0.3, 0.4) is 0 Å². The quantitative estimate of drug-likeness (QED) is 0.354. The van der Waals surface area contributed by atoms with Gasteiger partial charge in [0.1, 0.15) is 0 Å². The SMILES string of the molecule is Cc1cc(C)n(-c2nnc(SCC(=O)Nc3ccccc3SCC(N)=O)n2N)n1. The number of nitrogens with one attached hydrogen (secondary N) is 1. The summed E-state index contributed by atoms with van der Waals surface area (Å²) in [5.41, 5.74) is 7.52. The predicted octanol–water partition coefficient (Wildman–Crippen LogP) is 1.10. The maximum absolute atomic E-state index is 12.4. The van der Waals surface area contributed by atoms with E-state index in [0.717, 1.165) is 28.0 Å². The fourth-order valence-electron chi connectivity index (χ4n) is 2.50. The van der Waals surface area contributed by atoms with Crippen molar-refractivity contribution in [3.05, 3.63) is 41.7 Å². The summed E-state index contributed by atoms with van der Waals surface area (Å²) in [7, 11) is 0. The van der Waals surface area contributed by atoms with Crippen molar-refractivity contribution in [2.45, 2.75) is 23.9 Å². The highest BCUT2D eigenvalue weighted by atomic mass is 32.2. The Labute approximate surface area is 175 Å². The first kappa shape index (κ1) is 20.7. The normalized spacial score (nSPS) is 10.8. The molecule has 0 saturated heterocycles. The van der Waals surface area contributed by atoms with Crippen LogP contribution in [0.25, 0.3) is 5.95 Å². The van der Waals surface area contributed by atoms with Crippen LogP contribution in [-0.2, 0) is 9.59 Å². The minimum absolute atomic E-state index is 0.0846. The molecule has 0 fully saturated rings. The van der Waals surface area contributed by atoms with Gasteiger partial charge < -0.3 is 16.9 Å². The third kappa shape index (κ3) is 5.09. The second-order valence-electron chi connectivity index (χ2n) is 6.08. The number of carbonyl (C=O) groups is 2. The fourth-order valence-corrected chi connectivity index (χ4v) is 3.90. The van der Waals surface area contributed by atoms with Gasteiger partial charge in [-0.1, -0.05) is 23.9 Å². The lowest BCUT2D eigenvalue weighted by molar-refractivity contribution is -0.115. The molecule has 0 radical (unpaired) electrons. The van der Waals surface area contributed by atoms with Crippen LogP contribution in [0.5, 0.6) is 0 Å². The van der Waals surface area contributed by atoms with E-state index in [1.54, 1.807) is 16.8 Å². The smallest absolute Gasteiger partial charge is 0.271 e. The number of primary amides is 1. The molecule has 0 saturated carbocycles. The van der Waals surface area contributed by atoms with Crippen LogP contribution in [0.2, 0.25) is 0 Å². The van der Waals surface area contributed by atoms with E-state index in [1.807, 2.05) is 32.0 Å². The Balaban J connectivity index is 1.64. The van der Waals surface area contributed by atoms with E-state index < -0.39 is 5.91 Å². The summed E-state index contributed by atoms with van der Waals surface area (Å²) in [5.74, 6) is 6.00. The first-order valence-corrected chi connectivity index (χ1v) is 10.5. The fraction of sp³-hybridized carbons (Fsp3) is 0.235. The molecule has 2 aromatic heterocycles.